The second-order valence-electron chi connectivity index (χ2n) is 5.85. The molecule has 3 aromatic rings. The van der Waals surface area contributed by atoms with Gasteiger partial charge in [-0.05, 0) is 32.9 Å². The zero-order chi connectivity index (χ0) is 18.7. The molecule has 1 amide bonds. The van der Waals surface area contributed by atoms with Gasteiger partial charge in [0.2, 0.25) is 5.91 Å². The number of rotatable bonds is 5. The third kappa shape index (κ3) is 4.02. The summed E-state index contributed by atoms with van der Waals surface area (Å²) in [5.41, 5.74) is 9.80. The SMILES string of the molecule is Cc1cc(N)nc(SCC(=O)Nc2c(C)nn(-c3ccccc3)c2C)n1. The molecule has 0 aliphatic rings. The largest absolute Gasteiger partial charge is 0.384 e. The van der Waals surface area contributed by atoms with Gasteiger partial charge in [-0.1, -0.05) is 30.0 Å². The lowest BCUT2D eigenvalue weighted by atomic mass is 10.3. The van der Waals surface area contributed by atoms with E-state index in [1.165, 1.54) is 11.8 Å². The molecular weight excluding hydrogens is 348 g/mol. The maximum absolute atomic E-state index is 12.4. The van der Waals surface area contributed by atoms with Crippen molar-refractivity contribution in [3.63, 3.8) is 0 Å². The number of amides is 1. The van der Waals surface area contributed by atoms with Gasteiger partial charge in [-0.3, -0.25) is 4.79 Å². The molecule has 8 heteroatoms. The maximum atomic E-state index is 12.4. The van der Waals surface area contributed by atoms with Gasteiger partial charge in [0.25, 0.3) is 0 Å². The molecule has 2 aromatic heterocycles. The molecule has 134 valence electrons. The molecule has 0 fully saturated rings. The van der Waals surface area contributed by atoms with Crippen molar-refractivity contribution in [3.05, 3.63) is 53.5 Å². The van der Waals surface area contributed by atoms with Gasteiger partial charge >= 0.3 is 0 Å². The van der Waals surface area contributed by atoms with E-state index in [0.29, 0.717) is 11.0 Å². The van der Waals surface area contributed by atoms with Crippen LogP contribution in [0.4, 0.5) is 11.5 Å². The predicted octanol–water partition coefficient (Wildman–Crippen LogP) is 2.90. The zero-order valence-corrected chi connectivity index (χ0v) is 15.7. The summed E-state index contributed by atoms with van der Waals surface area (Å²) in [7, 11) is 0. The Labute approximate surface area is 156 Å². The maximum Gasteiger partial charge on any atom is 0.234 e. The van der Waals surface area contributed by atoms with E-state index < -0.39 is 0 Å². The first-order chi connectivity index (χ1) is 12.4. The molecule has 26 heavy (non-hydrogen) atoms. The summed E-state index contributed by atoms with van der Waals surface area (Å²) in [4.78, 5) is 20.7. The van der Waals surface area contributed by atoms with Gasteiger partial charge in [0.05, 0.1) is 28.5 Å². The Bertz CT molecular complexity index is 918. The van der Waals surface area contributed by atoms with Crippen LogP contribution >= 0.6 is 11.8 Å². The number of anilines is 2. The molecule has 0 aliphatic carbocycles. The Kier molecular flexibility index (Phi) is 5.22. The number of aryl methyl sites for hydroxylation is 2. The monoisotopic (exact) mass is 368 g/mol. The topological polar surface area (TPSA) is 98.7 Å². The Morgan fingerprint density at radius 2 is 1.92 bits per heavy atom. The summed E-state index contributed by atoms with van der Waals surface area (Å²) in [6.45, 7) is 5.65. The predicted molar refractivity (Wildman–Crippen MR) is 104 cm³/mol. The Morgan fingerprint density at radius 1 is 1.19 bits per heavy atom. The van der Waals surface area contributed by atoms with E-state index in [-0.39, 0.29) is 11.7 Å². The highest BCUT2D eigenvalue weighted by molar-refractivity contribution is 7.99. The molecule has 2 heterocycles. The van der Waals surface area contributed by atoms with Crippen molar-refractivity contribution in [2.45, 2.75) is 25.9 Å². The van der Waals surface area contributed by atoms with Crippen LogP contribution in [-0.2, 0) is 4.79 Å². The number of hydrogen-bond acceptors (Lipinski definition) is 6. The van der Waals surface area contributed by atoms with Crippen molar-refractivity contribution in [2.75, 3.05) is 16.8 Å². The van der Waals surface area contributed by atoms with Gasteiger partial charge in [0.1, 0.15) is 5.82 Å². The number of nitrogens with zero attached hydrogens (tertiary/aromatic N) is 4. The fraction of sp³-hybridized carbons (Fsp3) is 0.222. The molecule has 0 radical (unpaired) electrons. The van der Waals surface area contributed by atoms with Crippen LogP contribution in [0.5, 0.6) is 0 Å². The minimum atomic E-state index is -0.141. The average Bonchev–Trinajstić information content (AvgIpc) is 2.88. The lowest BCUT2D eigenvalue weighted by Crippen LogP contribution is -2.15. The third-order valence-corrected chi connectivity index (χ3v) is 4.59. The van der Waals surface area contributed by atoms with Gasteiger partial charge in [0.15, 0.2) is 5.16 Å². The molecular formula is C18H20N6OS. The standard InChI is InChI=1S/C18H20N6OS/c1-11-9-15(19)21-18(20-11)26-10-16(25)22-17-12(2)23-24(13(17)3)14-7-5-4-6-8-14/h4-9H,10H2,1-3H3,(H,22,25)(H2,19,20,21). The summed E-state index contributed by atoms with van der Waals surface area (Å²) in [5, 5.41) is 7.96. The van der Waals surface area contributed by atoms with Crippen molar-refractivity contribution >= 4 is 29.2 Å². The molecule has 0 saturated heterocycles. The van der Waals surface area contributed by atoms with Crippen molar-refractivity contribution in [2.24, 2.45) is 0 Å². The quantitative estimate of drug-likeness (QED) is 0.531. The number of aromatic nitrogens is 4. The highest BCUT2D eigenvalue weighted by Gasteiger charge is 2.15. The minimum absolute atomic E-state index is 0.141. The highest BCUT2D eigenvalue weighted by Crippen LogP contribution is 2.23. The van der Waals surface area contributed by atoms with Crippen molar-refractivity contribution < 1.29 is 4.79 Å². The van der Waals surface area contributed by atoms with E-state index in [9.17, 15) is 4.79 Å². The first-order valence-corrected chi connectivity index (χ1v) is 9.08. The molecule has 0 saturated carbocycles. The fourth-order valence-corrected chi connectivity index (χ4v) is 3.29. The van der Waals surface area contributed by atoms with Crippen molar-refractivity contribution in [3.8, 4) is 5.69 Å². The Hall–Kier alpha value is -2.87. The number of nitrogens with two attached hydrogens (primary N) is 1. The number of carbonyl (C=O) groups is 1. The smallest absolute Gasteiger partial charge is 0.234 e. The molecule has 1 aromatic carbocycles. The van der Waals surface area contributed by atoms with Crippen LogP contribution in [0.25, 0.3) is 5.69 Å². The number of nitrogens with one attached hydrogen (secondary N) is 1. The fourth-order valence-electron chi connectivity index (χ4n) is 2.58. The number of carbonyl (C=O) groups excluding carboxylic acids is 1. The van der Waals surface area contributed by atoms with Crippen LogP contribution in [0.1, 0.15) is 17.1 Å². The van der Waals surface area contributed by atoms with Crippen LogP contribution in [-0.4, -0.2) is 31.4 Å². The van der Waals surface area contributed by atoms with Crippen LogP contribution in [0, 0.1) is 20.8 Å². The average molecular weight is 368 g/mol. The third-order valence-electron chi connectivity index (χ3n) is 3.74. The second-order valence-corrected chi connectivity index (χ2v) is 6.79. The van der Waals surface area contributed by atoms with Crippen LogP contribution in [0.2, 0.25) is 0 Å². The van der Waals surface area contributed by atoms with E-state index in [0.717, 1.165) is 28.5 Å². The van der Waals surface area contributed by atoms with Crippen molar-refractivity contribution in [1.82, 2.24) is 19.7 Å². The van der Waals surface area contributed by atoms with Crippen LogP contribution in [0.15, 0.2) is 41.6 Å². The number of nitrogen functional groups attached to an aromatic ring is 1. The number of hydrogen-bond donors (Lipinski definition) is 2. The molecule has 0 atom stereocenters. The molecule has 0 spiro atoms. The van der Waals surface area contributed by atoms with Gasteiger partial charge in [-0.15, -0.1) is 0 Å². The summed E-state index contributed by atoms with van der Waals surface area (Å²) < 4.78 is 1.82. The van der Waals surface area contributed by atoms with Crippen molar-refractivity contribution in [1.29, 1.82) is 0 Å². The van der Waals surface area contributed by atoms with E-state index >= 15 is 0 Å². The molecule has 0 bridgehead atoms. The lowest BCUT2D eigenvalue weighted by molar-refractivity contribution is -0.113. The molecule has 0 aliphatic heterocycles. The molecule has 3 rings (SSSR count). The summed E-state index contributed by atoms with van der Waals surface area (Å²) in [6, 6.07) is 11.5. The van der Waals surface area contributed by atoms with E-state index in [2.05, 4.69) is 20.4 Å². The van der Waals surface area contributed by atoms with Gasteiger partial charge < -0.3 is 11.1 Å². The van der Waals surface area contributed by atoms with Crippen LogP contribution < -0.4 is 11.1 Å². The van der Waals surface area contributed by atoms with Gasteiger partial charge in [-0.25, -0.2) is 14.6 Å². The Balaban J connectivity index is 1.71. The van der Waals surface area contributed by atoms with E-state index in [4.69, 9.17) is 5.73 Å². The van der Waals surface area contributed by atoms with E-state index in [1.807, 2.05) is 55.8 Å². The lowest BCUT2D eigenvalue weighted by Gasteiger charge is -2.07. The molecule has 3 N–H and O–H groups in total. The van der Waals surface area contributed by atoms with E-state index in [1.54, 1.807) is 6.07 Å². The van der Waals surface area contributed by atoms with Gasteiger partial charge in [-0.2, -0.15) is 5.10 Å². The first kappa shape index (κ1) is 17.9. The minimum Gasteiger partial charge on any atom is -0.384 e. The molecule has 0 unspecified atom stereocenters. The number of benzene rings is 1. The Morgan fingerprint density at radius 3 is 2.62 bits per heavy atom. The normalized spacial score (nSPS) is 10.7. The zero-order valence-electron chi connectivity index (χ0n) is 14.9. The second kappa shape index (κ2) is 7.57. The highest BCUT2D eigenvalue weighted by atomic mass is 32.2. The van der Waals surface area contributed by atoms with Crippen LogP contribution in [0.3, 0.4) is 0 Å². The number of thioether (sulfide) groups is 1. The first-order valence-electron chi connectivity index (χ1n) is 8.09. The van der Waals surface area contributed by atoms with Gasteiger partial charge in [0, 0.05) is 11.8 Å². The summed E-state index contributed by atoms with van der Waals surface area (Å²) in [6.07, 6.45) is 0. The number of para-hydroxylation sites is 1. The summed E-state index contributed by atoms with van der Waals surface area (Å²) in [5.74, 6) is 0.451. The molecule has 7 nitrogen and oxygen atoms in total. The summed E-state index contributed by atoms with van der Waals surface area (Å²) >= 11 is 1.25.